The molecule has 0 bridgehead atoms. The van der Waals surface area contributed by atoms with E-state index in [4.69, 9.17) is 0 Å². The van der Waals surface area contributed by atoms with Gasteiger partial charge in [0, 0.05) is 6.04 Å². The number of hydrogen-bond donors (Lipinski definition) is 1. The molecule has 2 heteroatoms. The molecule has 1 N–H and O–H groups in total. The molecule has 2 nitrogen and oxygen atoms in total. The molecular weight excluding hydrogens is 222 g/mol. The summed E-state index contributed by atoms with van der Waals surface area (Å²) in [6.07, 6.45) is 5.52. The first-order valence-corrected chi connectivity index (χ1v) is 7.88. The Bertz CT molecular complexity index is 239. The first-order valence-electron chi connectivity index (χ1n) is 7.88. The maximum Gasteiger partial charge on any atom is 0.0555 e. The van der Waals surface area contributed by atoms with Gasteiger partial charge in [-0.05, 0) is 50.1 Å². The maximum absolute atomic E-state index is 10.0. The number of rotatable bonds is 6. The van der Waals surface area contributed by atoms with Gasteiger partial charge in [0.05, 0.1) is 6.10 Å². The Labute approximate surface area is 114 Å². The van der Waals surface area contributed by atoms with Crippen LogP contribution in [0.1, 0.15) is 66.7 Å². The van der Waals surface area contributed by atoms with Crippen LogP contribution < -0.4 is 0 Å². The van der Waals surface area contributed by atoms with Crippen LogP contribution in [-0.2, 0) is 0 Å². The van der Waals surface area contributed by atoms with Gasteiger partial charge in [-0.25, -0.2) is 0 Å². The molecule has 1 fully saturated rings. The molecule has 0 heterocycles. The fourth-order valence-electron chi connectivity index (χ4n) is 3.55. The second-order valence-corrected chi connectivity index (χ2v) is 6.61. The zero-order valence-corrected chi connectivity index (χ0v) is 13.1. The highest BCUT2D eigenvalue weighted by Gasteiger charge is 2.40. The zero-order valence-electron chi connectivity index (χ0n) is 13.1. The van der Waals surface area contributed by atoms with Gasteiger partial charge < -0.3 is 10.0 Å². The van der Waals surface area contributed by atoms with Gasteiger partial charge in [-0.1, -0.05) is 41.0 Å². The highest BCUT2D eigenvalue weighted by Crippen LogP contribution is 2.42. The van der Waals surface area contributed by atoms with Crippen LogP contribution in [-0.4, -0.2) is 35.2 Å². The summed E-state index contributed by atoms with van der Waals surface area (Å²) in [7, 11) is 0. The predicted molar refractivity (Wildman–Crippen MR) is 78.7 cm³/mol. The Hall–Kier alpha value is -0.0800. The minimum absolute atomic E-state index is 0.0789. The van der Waals surface area contributed by atoms with E-state index in [1.807, 2.05) is 0 Å². The summed E-state index contributed by atoms with van der Waals surface area (Å²) in [6, 6.07) is 0.577. The smallest absolute Gasteiger partial charge is 0.0555 e. The van der Waals surface area contributed by atoms with Crippen molar-refractivity contribution in [1.29, 1.82) is 0 Å². The molecule has 0 radical (unpaired) electrons. The lowest BCUT2D eigenvalue weighted by Crippen LogP contribution is -2.50. The highest BCUT2D eigenvalue weighted by molar-refractivity contribution is 4.93. The highest BCUT2D eigenvalue weighted by atomic mass is 16.3. The minimum atomic E-state index is -0.0789. The van der Waals surface area contributed by atoms with E-state index in [0.717, 1.165) is 25.3 Å². The molecule has 0 aliphatic heterocycles. The normalized spacial score (nSPS) is 29.8. The Morgan fingerprint density at radius 1 is 1.17 bits per heavy atom. The molecule has 1 aliphatic rings. The maximum atomic E-state index is 10.0. The van der Waals surface area contributed by atoms with Crippen molar-refractivity contribution in [3.05, 3.63) is 0 Å². The second-order valence-electron chi connectivity index (χ2n) is 6.61. The second kappa shape index (κ2) is 6.91. The van der Waals surface area contributed by atoms with Gasteiger partial charge in [-0.3, -0.25) is 0 Å². The number of aliphatic hydroxyl groups excluding tert-OH is 1. The van der Waals surface area contributed by atoms with Gasteiger partial charge in [-0.2, -0.15) is 0 Å². The summed E-state index contributed by atoms with van der Waals surface area (Å²) in [6.45, 7) is 13.9. The quantitative estimate of drug-likeness (QED) is 0.782. The Balaban J connectivity index is 2.85. The van der Waals surface area contributed by atoms with Crippen LogP contribution in [0, 0.1) is 11.3 Å². The average Bonchev–Trinajstić information content (AvgIpc) is 2.35. The van der Waals surface area contributed by atoms with E-state index in [9.17, 15) is 5.11 Å². The average molecular weight is 255 g/mol. The summed E-state index contributed by atoms with van der Waals surface area (Å²) in [5, 5.41) is 10.0. The Kier molecular flexibility index (Phi) is 6.13. The summed E-state index contributed by atoms with van der Waals surface area (Å²) in [5.41, 5.74) is 0.395. The van der Waals surface area contributed by atoms with Crippen molar-refractivity contribution in [2.24, 2.45) is 11.3 Å². The predicted octanol–water partition coefficient (Wildman–Crippen LogP) is 3.68. The van der Waals surface area contributed by atoms with Gasteiger partial charge in [0.25, 0.3) is 0 Å². The molecule has 0 saturated heterocycles. The van der Waals surface area contributed by atoms with E-state index in [1.165, 1.54) is 25.8 Å². The number of nitrogens with zero attached hydrogens (tertiary/aromatic N) is 1. The monoisotopic (exact) mass is 255 g/mol. The van der Waals surface area contributed by atoms with Gasteiger partial charge in [0.2, 0.25) is 0 Å². The van der Waals surface area contributed by atoms with Crippen molar-refractivity contribution in [3.63, 3.8) is 0 Å². The van der Waals surface area contributed by atoms with Crippen LogP contribution in [0.2, 0.25) is 0 Å². The molecule has 0 spiro atoms. The standard InChI is InChI=1S/C16H33NO/c1-6-11-17(8-3)15-12-13(18)9-10-14(15)16(4,5)7-2/h13-15,18H,6-12H2,1-5H3. The van der Waals surface area contributed by atoms with Crippen molar-refractivity contribution in [2.75, 3.05) is 13.1 Å². The summed E-state index contributed by atoms with van der Waals surface area (Å²) >= 11 is 0. The van der Waals surface area contributed by atoms with Crippen molar-refractivity contribution < 1.29 is 5.11 Å². The first kappa shape index (κ1) is 16.0. The molecule has 0 aromatic rings. The lowest BCUT2D eigenvalue weighted by atomic mass is 9.66. The third-order valence-corrected chi connectivity index (χ3v) is 5.09. The molecule has 1 rings (SSSR count). The van der Waals surface area contributed by atoms with Gasteiger partial charge in [0.15, 0.2) is 0 Å². The number of aliphatic hydroxyl groups is 1. The van der Waals surface area contributed by atoms with Crippen LogP contribution >= 0.6 is 0 Å². The van der Waals surface area contributed by atoms with Gasteiger partial charge in [-0.15, -0.1) is 0 Å². The van der Waals surface area contributed by atoms with Crippen LogP contribution in [0.3, 0.4) is 0 Å². The van der Waals surface area contributed by atoms with E-state index in [2.05, 4.69) is 39.5 Å². The minimum Gasteiger partial charge on any atom is -0.393 e. The molecule has 0 aromatic heterocycles. The molecule has 18 heavy (non-hydrogen) atoms. The van der Waals surface area contributed by atoms with Gasteiger partial charge in [0.1, 0.15) is 0 Å². The largest absolute Gasteiger partial charge is 0.393 e. The van der Waals surface area contributed by atoms with E-state index in [1.54, 1.807) is 0 Å². The lowest BCUT2D eigenvalue weighted by molar-refractivity contribution is -0.0165. The van der Waals surface area contributed by atoms with Crippen LogP contribution in [0.5, 0.6) is 0 Å². The fourth-order valence-corrected chi connectivity index (χ4v) is 3.55. The van der Waals surface area contributed by atoms with E-state index >= 15 is 0 Å². The summed E-state index contributed by atoms with van der Waals surface area (Å²) in [5.74, 6) is 0.734. The van der Waals surface area contributed by atoms with Crippen molar-refractivity contribution in [3.8, 4) is 0 Å². The molecule has 1 saturated carbocycles. The Morgan fingerprint density at radius 2 is 1.83 bits per heavy atom. The van der Waals surface area contributed by atoms with E-state index in [0.29, 0.717) is 11.5 Å². The molecule has 3 atom stereocenters. The van der Waals surface area contributed by atoms with Crippen molar-refractivity contribution in [1.82, 2.24) is 4.90 Å². The first-order chi connectivity index (χ1) is 8.46. The lowest BCUT2D eigenvalue weighted by Gasteiger charge is -2.48. The fraction of sp³-hybridized carbons (Fsp3) is 1.00. The zero-order chi connectivity index (χ0) is 13.8. The SMILES string of the molecule is CCCN(CC)C1CC(O)CCC1C(C)(C)CC. The van der Waals surface area contributed by atoms with E-state index < -0.39 is 0 Å². The molecule has 0 aromatic carbocycles. The number of hydrogen-bond acceptors (Lipinski definition) is 2. The van der Waals surface area contributed by atoms with E-state index in [-0.39, 0.29) is 6.10 Å². The van der Waals surface area contributed by atoms with Crippen molar-refractivity contribution in [2.45, 2.75) is 78.9 Å². The third-order valence-electron chi connectivity index (χ3n) is 5.09. The summed E-state index contributed by atoms with van der Waals surface area (Å²) in [4.78, 5) is 2.60. The van der Waals surface area contributed by atoms with Crippen LogP contribution in [0.4, 0.5) is 0 Å². The Morgan fingerprint density at radius 3 is 2.33 bits per heavy atom. The van der Waals surface area contributed by atoms with Gasteiger partial charge >= 0.3 is 0 Å². The molecule has 3 unspecified atom stereocenters. The molecular formula is C16H33NO. The van der Waals surface area contributed by atoms with Crippen LogP contribution in [0.15, 0.2) is 0 Å². The molecule has 1 aliphatic carbocycles. The van der Waals surface area contributed by atoms with Crippen molar-refractivity contribution >= 4 is 0 Å². The molecule has 0 amide bonds. The third kappa shape index (κ3) is 3.71. The molecule has 108 valence electrons. The summed E-state index contributed by atoms with van der Waals surface area (Å²) < 4.78 is 0. The topological polar surface area (TPSA) is 23.5 Å². The van der Waals surface area contributed by atoms with Crippen LogP contribution in [0.25, 0.3) is 0 Å².